The van der Waals surface area contributed by atoms with Crippen LogP contribution in [-0.4, -0.2) is 33.5 Å². The van der Waals surface area contributed by atoms with Crippen molar-refractivity contribution in [2.75, 3.05) is 7.11 Å². The number of esters is 1. The molecule has 0 saturated heterocycles. The van der Waals surface area contributed by atoms with E-state index >= 15 is 0 Å². The van der Waals surface area contributed by atoms with Crippen LogP contribution in [0.25, 0.3) is 11.2 Å². The lowest BCUT2D eigenvalue weighted by Gasteiger charge is -2.17. The molecule has 0 aliphatic heterocycles. The van der Waals surface area contributed by atoms with Crippen LogP contribution in [0.15, 0.2) is 42.9 Å². The highest BCUT2D eigenvalue weighted by molar-refractivity contribution is 5.98. The summed E-state index contributed by atoms with van der Waals surface area (Å²) in [6.45, 7) is 1.92. The van der Waals surface area contributed by atoms with Gasteiger partial charge in [-0.15, -0.1) is 0 Å². The molecule has 2 heterocycles. The molecule has 2 aromatic heterocycles. The number of imidazole rings is 1. The van der Waals surface area contributed by atoms with Gasteiger partial charge in [-0.25, -0.2) is 14.8 Å². The summed E-state index contributed by atoms with van der Waals surface area (Å²) in [5.41, 5.74) is 3.45. The van der Waals surface area contributed by atoms with Gasteiger partial charge in [0, 0.05) is 12.2 Å². The molecule has 1 saturated carbocycles. The van der Waals surface area contributed by atoms with Crippen molar-refractivity contribution in [3.05, 3.63) is 59.5 Å². The summed E-state index contributed by atoms with van der Waals surface area (Å²) < 4.78 is 6.91. The molecule has 0 spiro atoms. The van der Waals surface area contributed by atoms with Gasteiger partial charge in [-0.1, -0.05) is 29.8 Å². The fourth-order valence-corrected chi connectivity index (χ4v) is 3.12. The van der Waals surface area contributed by atoms with Crippen molar-refractivity contribution in [3.8, 4) is 0 Å². The fourth-order valence-electron chi connectivity index (χ4n) is 3.12. The lowest BCUT2D eigenvalue weighted by atomic mass is 10.0. The molecule has 0 bridgehead atoms. The summed E-state index contributed by atoms with van der Waals surface area (Å²) >= 11 is 0. The quantitative estimate of drug-likeness (QED) is 0.704. The summed E-state index contributed by atoms with van der Waals surface area (Å²) in [5, 5.41) is 2.75. The molecule has 7 nitrogen and oxygen atoms in total. The van der Waals surface area contributed by atoms with E-state index in [2.05, 4.69) is 15.3 Å². The average Bonchev–Trinajstić information content (AvgIpc) is 3.44. The molecule has 138 valence electrons. The number of carbonyl (C=O) groups is 2. The SMILES string of the molecule is COC(=O)C(NC(=O)c1cnc2c(c1)ncn2C1CC1)c1cccc(C)c1. The van der Waals surface area contributed by atoms with E-state index in [0.717, 1.165) is 24.1 Å². The number of pyridine rings is 1. The standard InChI is InChI=1S/C20H20N4O3/c1-12-4-3-5-13(8-12)17(20(26)27-2)23-19(25)14-9-16-18(21-10-14)24(11-22-16)15-6-7-15/h3-5,8-11,15,17H,6-7H2,1-2H3,(H,23,25). The Kier molecular flexibility index (Phi) is 4.35. The Morgan fingerprint density at radius 1 is 1.26 bits per heavy atom. The number of aryl methyl sites for hydroxylation is 1. The van der Waals surface area contributed by atoms with Crippen LogP contribution < -0.4 is 5.32 Å². The highest BCUT2D eigenvalue weighted by atomic mass is 16.5. The number of hydrogen-bond acceptors (Lipinski definition) is 5. The third-order valence-corrected chi connectivity index (χ3v) is 4.70. The minimum atomic E-state index is -0.887. The van der Waals surface area contributed by atoms with Crippen LogP contribution in [0.3, 0.4) is 0 Å². The molecule has 3 aromatic rings. The number of fused-ring (bicyclic) bond motifs is 1. The molecule has 1 atom stereocenters. The molecular weight excluding hydrogens is 344 g/mol. The number of ether oxygens (including phenoxy) is 1. The zero-order valence-electron chi connectivity index (χ0n) is 15.2. The predicted molar refractivity (Wildman–Crippen MR) is 99.2 cm³/mol. The van der Waals surface area contributed by atoms with Gasteiger partial charge < -0.3 is 14.6 Å². The van der Waals surface area contributed by atoms with Gasteiger partial charge in [-0.2, -0.15) is 0 Å². The molecule has 1 aromatic carbocycles. The summed E-state index contributed by atoms with van der Waals surface area (Å²) in [4.78, 5) is 33.7. The van der Waals surface area contributed by atoms with Crippen molar-refractivity contribution >= 4 is 23.0 Å². The van der Waals surface area contributed by atoms with Gasteiger partial charge >= 0.3 is 5.97 Å². The largest absolute Gasteiger partial charge is 0.467 e. The number of nitrogens with zero attached hydrogens (tertiary/aromatic N) is 3. The molecule has 4 rings (SSSR count). The average molecular weight is 364 g/mol. The van der Waals surface area contributed by atoms with Gasteiger partial charge in [0.05, 0.1) is 19.0 Å². The summed E-state index contributed by atoms with van der Waals surface area (Å²) in [6.07, 6.45) is 5.54. The van der Waals surface area contributed by atoms with Gasteiger partial charge in [-0.05, 0) is 31.4 Å². The molecular formula is C20H20N4O3. The molecule has 1 N–H and O–H groups in total. The Morgan fingerprint density at radius 2 is 2.07 bits per heavy atom. The van der Waals surface area contributed by atoms with Gasteiger partial charge in [0.25, 0.3) is 5.91 Å². The van der Waals surface area contributed by atoms with E-state index in [1.165, 1.54) is 13.3 Å². The second kappa shape index (κ2) is 6.83. The Balaban J connectivity index is 1.60. The van der Waals surface area contributed by atoms with Crippen LogP contribution in [0.2, 0.25) is 0 Å². The number of rotatable bonds is 5. The van der Waals surface area contributed by atoms with E-state index in [1.807, 2.05) is 29.7 Å². The zero-order chi connectivity index (χ0) is 19.0. The van der Waals surface area contributed by atoms with Crippen molar-refractivity contribution in [1.29, 1.82) is 0 Å². The van der Waals surface area contributed by atoms with E-state index < -0.39 is 17.9 Å². The minimum Gasteiger partial charge on any atom is -0.467 e. The van der Waals surface area contributed by atoms with E-state index in [9.17, 15) is 9.59 Å². The molecule has 1 unspecified atom stereocenters. The number of benzene rings is 1. The molecule has 27 heavy (non-hydrogen) atoms. The van der Waals surface area contributed by atoms with Crippen LogP contribution in [0, 0.1) is 6.92 Å². The first-order valence-corrected chi connectivity index (χ1v) is 8.84. The van der Waals surface area contributed by atoms with E-state index in [1.54, 1.807) is 18.5 Å². The second-order valence-corrected chi connectivity index (χ2v) is 6.79. The van der Waals surface area contributed by atoms with Crippen LogP contribution in [0.1, 0.15) is 46.4 Å². The maximum atomic E-state index is 12.7. The van der Waals surface area contributed by atoms with Crippen LogP contribution >= 0.6 is 0 Å². The monoisotopic (exact) mass is 364 g/mol. The maximum absolute atomic E-state index is 12.7. The lowest BCUT2D eigenvalue weighted by Crippen LogP contribution is -2.34. The smallest absolute Gasteiger partial charge is 0.333 e. The Hall–Kier alpha value is -3.22. The minimum absolute atomic E-state index is 0.352. The van der Waals surface area contributed by atoms with E-state index in [-0.39, 0.29) is 0 Å². The van der Waals surface area contributed by atoms with Crippen LogP contribution in [0.4, 0.5) is 0 Å². The first-order chi connectivity index (χ1) is 13.1. The van der Waals surface area contributed by atoms with Crippen molar-refractivity contribution in [2.24, 2.45) is 0 Å². The van der Waals surface area contributed by atoms with Crippen LogP contribution in [-0.2, 0) is 9.53 Å². The van der Waals surface area contributed by atoms with Crippen molar-refractivity contribution in [1.82, 2.24) is 19.9 Å². The topological polar surface area (TPSA) is 86.1 Å². The van der Waals surface area contributed by atoms with Crippen molar-refractivity contribution < 1.29 is 14.3 Å². The molecule has 1 fully saturated rings. The maximum Gasteiger partial charge on any atom is 0.333 e. The number of methoxy groups -OCH3 is 1. The fraction of sp³-hybridized carbons (Fsp3) is 0.300. The van der Waals surface area contributed by atoms with Gasteiger partial charge in [0.2, 0.25) is 0 Å². The highest BCUT2D eigenvalue weighted by Gasteiger charge is 2.27. The first kappa shape index (κ1) is 17.2. The number of nitrogens with one attached hydrogen (secondary N) is 1. The summed E-state index contributed by atoms with van der Waals surface area (Å²) in [5.74, 6) is -0.928. The third kappa shape index (κ3) is 3.40. The van der Waals surface area contributed by atoms with E-state index in [0.29, 0.717) is 22.7 Å². The second-order valence-electron chi connectivity index (χ2n) is 6.79. The number of aromatic nitrogens is 3. The van der Waals surface area contributed by atoms with Crippen molar-refractivity contribution in [3.63, 3.8) is 0 Å². The Bertz CT molecular complexity index is 1020. The summed E-state index contributed by atoms with van der Waals surface area (Å²) in [6, 6.07) is 8.67. The molecule has 1 aliphatic carbocycles. The molecule has 1 amide bonds. The zero-order valence-corrected chi connectivity index (χ0v) is 15.2. The van der Waals surface area contributed by atoms with Gasteiger partial charge in [0.1, 0.15) is 5.52 Å². The Labute approximate surface area is 156 Å². The lowest BCUT2D eigenvalue weighted by molar-refractivity contribution is -0.143. The summed E-state index contributed by atoms with van der Waals surface area (Å²) in [7, 11) is 1.30. The third-order valence-electron chi connectivity index (χ3n) is 4.70. The Morgan fingerprint density at radius 3 is 2.78 bits per heavy atom. The van der Waals surface area contributed by atoms with Crippen LogP contribution in [0.5, 0.6) is 0 Å². The number of hydrogen-bond donors (Lipinski definition) is 1. The van der Waals surface area contributed by atoms with Crippen molar-refractivity contribution in [2.45, 2.75) is 31.8 Å². The van der Waals surface area contributed by atoms with Gasteiger partial charge in [-0.3, -0.25) is 4.79 Å². The highest BCUT2D eigenvalue weighted by Crippen LogP contribution is 2.36. The van der Waals surface area contributed by atoms with E-state index in [4.69, 9.17) is 4.74 Å². The molecule has 7 heteroatoms. The predicted octanol–water partition coefficient (Wildman–Crippen LogP) is 2.72. The number of carbonyl (C=O) groups excluding carboxylic acids is 2. The normalized spacial score (nSPS) is 14.7. The number of amides is 1. The molecule has 0 radical (unpaired) electrons. The first-order valence-electron chi connectivity index (χ1n) is 8.84. The van der Waals surface area contributed by atoms with Gasteiger partial charge in [0.15, 0.2) is 11.7 Å². The molecule has 1 aliphatic rings.